The van der Waals surface area contributed by atoms with Crippen molar-refractivity contribution in [1.29, 1.82) is 0 Å². The summed E-state index contributed by atoms with van der Waals surface area (Å²) >= 11 is 0. The average molecular weight is 268 g/mol. The van der Waals surface area contributed by atoms with Crippen LogP contribution in [0.1, 0.15) is 39.5 Å². The quantitative estimate of drug-likeness (QED) is 0.777. The summed E-state index contributed by atoms with van der Waals surface area (Å²) in [6.45, 7) is 5.41. The van der Waals surface area contributed by atoms with Crippen molar-refractivity contribution in [2.24, 2.45) is 0 Å². The first-order valence-electron chi connectivity index (χ1n) is 6.86. The molecule has 0 atom stereocenters. The third kappa shape index (κ3) is 3.62. The van der Waals surface area contributed by atoms with Crippen molar-refractivity contribution < 1.29 is 0 Å². The zero-order valence-electron chi connectivity index (χ0n) is 12.0. The van der Waals surface area contributed by atoms with Crippen molar-refractivity contribution in [1.82, 2.24) is 9.55 Å². The summed E-state index contributed by atoms with van der Waals surface area (Å²) in [4.78, 5) is 27.8. The van der Waals surface area contributed by atoms with E-state index in [1.807, 2.05) is 18.9 Å². The van der Waals surface area contributed by atoms with Crippen LogP contribution in [0.25, 0.3) is 0 Å². The fourth-order valence-electron chi connectivity index (χ4n) is 1.99. The number of nitrogen functional groups attached to an aromatic ring is 1. The number of anilines is 2. The molecule has 0 aliphatic heterocycles. The standard InChI is InChI=1S/C13H24N4O2/c1-4-6-8-16(3)10-11(14)17(9-7-5-2)13(19)15-12(10)18/h4-9,14H2,1-3H3,(H,15,18,19). The molecule has 1 rings (SSSR count). The van der Waals surface area contributed by atoms with Gasteiger partial charge in [-0.05, 0) is 12.8 Å². The Morgan fingerprint density at radius 1 is 1.21 bits per heavy atom. The van der Waals surface area contributed by atoms with E-state index in [2.05, 4.69) is 11.9 Å². The molecule has 0 spiro atoms. The molecule has 19 heavy (non-hydrogen) atoms. The lowest BCUT2D eigenvalue weighted by Gasteiger charge is -2.21. The third-order valence-electron chi connectivity index (χ3n) is 3.18. The molecule has 0 amide bonds. The molecule has 0 saturated carbocycles. The highest BCUT2D eigenvalue weighted by molar-refractivity contribution is 5.61. The van der Waals surface area contributed by atoms with Crippen molar-refractivity contribution in [2.75, 3.05) is 24.2 Å². The highest BCUT2D eigenvalue weighted by atomic mass is 16.2. The van der Waals surface area contributed by atoms with Gasteiger partial charge < -0.3 is 10.6 Å². The molecule has 0 aliphatic rings. The summed E-state index contributed by atoms with van der Waals surface area (Å²) in [7, 11) is 1.82. The fourth-order valence-corrected chi connectivity index (χ4v) is 1.99. The van der Waals surface area contributed by atoms with Gasteiger partial charge in [0.25, 0.3) is 5.56 Å². The van der Waals surface area contributed by atoms with Crippen LogP contribution in [-0.2, 0) is 6.54 Å². The van der Waals surface area contributed by atoms with Gasteiger partial charge >= 0.3 is 5.69 Å². The summed E-state index contributed by atoms with van der Waals surface area (Å²) in [6, 6.07) is 0. The predicted molar refractivity (Wildman–Crippen MR) is 78.8 cm³/mol. The summed E-state index contributed by atoms with van der Waals surface area (Å²) in [6.07, 6.45) is 3.83. The van der Waals surface area contributed by atoms with Crippen LogP contribution in [0, 0.1) is 0 Å². The Morgan fingerprint density at radius 2 is 1.84 bits per heavy atom. The van der Waals surface area contributed by atoms with E-state index < -0.39 is 11.2 Å². The number of nitrogens with one attached hydrogen (secondary N) is 1. The number of rotatable bonds is 7. The van der Waals surface area contributed by atoms with Gasteiger partial charge in [-0.3, -0.25) is 14.3 Å². The summed E-state index contributed by atoms with van der Waals surface area (Å²) < 4.78 is 1.45. The van der Waals surface area contributed by atoms with E-state index in [1.165, 1.54) is 4.57 Å². The molecule has 3 N–H and O–H groups in total. The van der Waals surface area contributed by atoms with Crippen LogP contribution in [0.2, 0.25) is 0 Å². The first-order chi connectivity index (χ1) is 9.02. The molecule has 6 heteroatoms. The van der Waals surface area contributed by atoms with Gasteiger partial charge in [-0.1, -0.05) is 26.7 Å². The highest BCUT2D eigenvalue weighted by Crippen LogP contribution is 2.15. The first kappa shape index (κ1) is 15.3. The Bertz CT molecular complexity index is 518. The number of nitrogens with two attached hydrogens (primary N) is 1. The molecular weight excluding hydrogens is 244 g/mol. The Hall–Kier alpha value is -1.72. The van der Waals surface area contributed by atoms with Crippen molar-refractivity contribution in [3.8, 4) is 0 Å². The van der Waals surface area contributed by atoms with Crippen molar-refractivity contribution >= 4 is 11.5 Å². The zero-order valence-corrected chi connectivity index (χ0v) is 12.0. The maximum Gasteiger partial charge on any atom is 0.330 e. The highest BCUT2D eigenvalue weighted by Gasteiger charge is 2.15. The van der Waals surface area contributed by atoms with Crippen molar-refractivity contribution in [3.05, 3.63) is 20.8 Å². The maximum absolute atomic E-state index is 11.9. The monoisotopic (exact) mass is 268 g/mol. The minimum Gasteiger partial charge on any atom is -0.383 e. The van der Waals surface area contributed by atoms with Gasteiger partial charge in [0, 0.05) is 20.1 Å². The fraction of sp³-hybridized carbons (Fsp3) is 0.692. The molecule has 0 saturated heterocycles. The second-order valence-corrected chi connectivity index (χ2v) is 4.77. The SMILES string of the molecule is CCCCN(C)c1c(N)n(CCCC)c(=O)[nH]c1=O. The molecule has 0 radical (unpaired) electrons. The van der Waals surface area contributed by atoms with E-state index >= 15 is 0 Å². The number of aromatic amines is 1. The lowest BCUT2D eigenvalue weighted by atomic mass is 10.3. The van der Waals surface area contributed by atoms with E-state index in [4.69, 9.17) is 5.73 Å². The average Bonchev–Trinajstić information content (AvgIpc) is 2.35. The minimum absolute atomic E-state index is 0.265. The molecule has 0 aromatic carbocycles. The van der Waals surface area contributed by atoms with Crippen LogP contribution in [-0.4, -0.2) is 23.1 Å². The molecule has 0 fully saturated rings. The summed E-state index contributed by atoms with van der Waals surface area (Å²) in [5.41, 5.74) is 5.56. The van der Waals surface area contributed by atoms with Gasteiger partial charge in [-0.15, -0.1) is 0 Å². The molecule has 0 unspecified atom stereocenters. The second kappa shape index (κ2) is 7.01. The van der Waals surface area contributed by atoms with Gasteiger partial charge in [-0.2, -0.15) is 0 Å². The van der Waals surface area contributed by atoms with E-state index in [0.29, 0.717) is 12.2 Å². The third-order valence-corrected chi connectivity index (χ3v) is 3.18. The maximum atomic E-state index is 11.9. The molecule has 108 valence electrons. The van der Waals surface area contributed by atoms with Crippen LogP contribution >= 0.6 is 0 Å². The van der Waals surface area contributed by atoms with E-state index in [-0.39, 0.29) is 5.82 Å². The van der Waals surface area contributed by atoms with E-state index in [0.717, 1.165) is 32.2 Å². The van der Waals surface area contributed by atoms with E-state index in [9.17, 15) is 9.59 Å². The number of hydrogen-bond acceptors (Lipinski definition) is 4. The number of H-pyrrole nitrogens is 1. The Morgan fingerprint density at radius 3 is 2.42 bits per heavy atom. The second-order valence-electron chi connectivity index (χ2n) is 4.77. The minimum atomic E-state index is -0.427. The number of aromatic nitrogens is 2. The van der Waals surface area contributed by atoms with Crippen LogP contribution in [0.5, 0.6) is 0 Å². The summed E-state index contributed by atoms with van der Waals surface area (Å²) in [5, 5.41) is 0. The Labute approximate surface area is 113 Å². The molecule has 1 aromatic rings. The topological polar surface area (TPSA) is 84.1 Å². The smallest absolute Gasteiger partial charge is 0.330 e. The van der Waals surface area contributed by atoms with Gasteiger partial charge in [0.05, 0.1) is 0 Å². The van der Waals surface area contributed by atoms with Gasteiger partial charge in [0.1, 0.15) is 11.5 Å². The predicted octanol–water partition coefficient (Wildman–Crippen LogP) is 1.16. The van der Waals surface area contributed by atoms with Crippen molar-refractivity contribution in [2.45, 2.75) is 46.1 Å². The zero-order chi connectivity index (χ0) is 14.4. The van der Waals surface area contributed by atoms with Crippen LogP contribution in [0.15, 0.2) is 9.59 Å². The van der Waals surface area contributed by atoms with Crippen LogP contribution in [0.3, 0.4) is 0 Å². The largest absolute Gasteiger partial charge is 0.383 e. The van der Waals surface area contributed by atoms with Gasteiger partial charge in [-0.25, -0.2) is 4.79 Å². The number of hydrogen-bond donors (Lipinski definition) is 2. The number of unbranched alkanes of at least 4 members (excludes halogenated alkanes) is 2. The normalized spacial score (nSPS) is 10.7. The molecule has 0 bridgehead atoms. The van der Waals surface area contributed by atoms with E-state index in [1.54, 1.807) is 0 Å². The lowest BCUT2D eigenvalue weighted by molar-refractivity contribution is 0.603. The Kier molecular flexibility index (Phi) is 5.66. The summed E-state index contributed by atoms with van der Waals surface area (Å²) in [5.74, 6) is 0.265. The number of nitrogens with zero attached hydrogens (tertiary/aromatic N) is 2. The lowest BCUT2D eigenvalue weighted by Crippen LogP contribution is -2.37. The molecule has 0 aliphatic carbocycles. The first-order valence-corrected chi connectivity index (χ1v) is 6.86. The molecule has 1 heterocycles. The van der Waals surface area contributed by atoms with Gasteiger partial charge in [0.2, 0.25) is 0 Å². The molecular formula is C13H24N4O2. The van der Waals surface area contributed by atoms with Crippen LogP contribution < -0.4 is 21.9 Å². The van der Waals surface area contributed by atoms with Crippen molar-refractivity contribution in [3.63, 3.8) is 0 Å². The Balaban J connectivity index is 3.17. The van der Waals surface area contributed by atoms with Gasteiger partial charge in [0.15, 0.2) is 0 Å². The molecule has 6 nitrogen and oxygen atoms in total. The van der Waals surface area contributed by atoms with Crippen LogP contribution in [0.4, 0.5) is 11.5 Å². The molecule has 1 aromatic heterocycles.